The zero-order valence-corrected chi connectivity index (χ0v) is 9.74. The molecule has 2 aromatic heterocycles. The van der Waals surface area contributed by atoms with Gasteiger partial charge in [0.25, 0.3) is 0 Å². The second kappa shape index (κ2) is 4.45. The molecule has 0 saturated heterocycles. The van der Waals surface area contributed by atoms with Gasteiger partial charge in [-0.1, -0.05) is 12.1 Å². The van der Waals surface area contributed by atoms with Crippen molar-refractivity contribution in [2.24, 2.45) is 0 Å². The van der Waals surface area contributed by atoms with Crippen LogP contribution in [-0.2, 0) is 0 Å². The van der Waals surface area contributed by atoms with Crippen molar-refractivity contribution in [1.29, 1.82) is 0 Å². The lowest BCUT2D eigenvalue weighted by molar-refractivity contribution is 0.0694. The molecule has 0 fully saturated rings. The summed E-state index contributed by atoms with van der Waals surface area (Å²) in [5.74, 6) is -0.480. The fourth-order valence-corrected chi connectivity index (χ4v) is 1.79. The van der Waals surface area contributed by atoms with Gasteiger partial charge in [-0.25, -0.2) is 9.78 Å². The quantitative estimate of drug-likeness (QED) is 0.777. The van der Waals surface area contributed by atoms with E-state index in [2.05, 4.69) is 4.98 Å². The van der Waals surface area contributed by atoms with E-state index in [4.69, 9.17) is 14.3 Å². The molecule has 5 nitrogen and oxygen atoms in total. The first-order valence-corrected chi connectivity index (χ1v) is 5.58. The Morgan fingerprint density at radius 3 is 2.89 bits per heavy atom. The van der Waals surface area contributed by atoms with Crippen LogP contribution in [0.4, 0.5) is 0 Å². The highest BCUT2D eigenvalue weighted by atomic mass is 16.5. The van der Waals surface area contributed by atoms with Crippen LogP contribution in [0, 0.1) is 0 Å². The molecular weight excluding hydrogens is 246 g/mol. The third-order valence-electron chi connectivity index (χ3n) is 2.67. The molecule has 0 unspecified atom stereocenters. The Hall–Kier alpha value is -2.82. The van der Waals surface area contributed by atoms with Gasteiger partial charge in [0.15, 0.2) is 0 Å². The Kier molecular flexibility index (Phi) is 2.64. The van der Waals surface area contributed by atoms with E-state index in [1.807, 2.05) is 0 Å². The van der Waals surface area contributed by atoms with Crippen LogP contribution in [-0.4, -0.2) is 16.1 Å². The van der Waals surface area contributed by atoms with Crippen molar-refractivity contribution in [3.05, 3.63) is 54.4 Å². The van der Waals surface area contributed by atoms with E-state index in [1.54, 1.807) is 36.5 Å². The van der Waals surface area contributed by atoms with Crippen LogP contribution < -0.4 is 4.74 Å². The van der Waals surface area contributed by atoms with Crippen LogP contribution in [0.3, 0.4) is 0 Å². The predicted octanol–water partition coefficient (Wildman–Crippen LogP) is 3.32. The van der Waals surface area contributed by atoms with Crippen molar-refractivity contribution in [2.45, 2.75) is 0 Å². The summed E-state index contributed by atoms with van der Waals surface area (Å²) in [6.07, 6.45) is 3.08. The van der Waals surface area contributed by atoms with Crippen LogP contribution >= 0.6 is 0 Å². The summed E-state index contributed by atoms with van der Waals surface area (Å²) in [4.78, 5) is 15.2. The zero-order valence-electron chi connectivity index (χ0n) is 9.74. The number of ether oxygens (including phenoxy) is 1. The third kappa shape index (κ3) is 2.01. The van der Waals surface area contributed by atoms with Crippen LogP contribution in [0.15, 0.2) is 53.3 Å². The molecule has 1 aromatic carbocycles. The van der Waals surface area contributed by atoms with Gasteiger partial charge in [-0.2, -0.15) is 0 Å². The Balaban J connectivity index is 2.06. The van der Waals surface area contributed by atoms with E-state index >= 15 is 0 Å². The number of rotatable bonds is 3. The summed E-state index contributed by atoms with van der Waals surface area (Å²) in [5, 5.41) is 9.79. The number of aromatic nitrogens is 1. The number of aromatic carboxylic acids is 1. The monoisotopic (exact) mass is 255 g/mol. The maximum absolute atomic E-state index is 11.1. The summed E-state index contributed by atoms with van der Waals surface area (Å²) in [7, 11) is 0. The molecule has 0 radical (unpaired) electrons. The lowest BCUT2D eigenvalue weighted by Crippen LogP contribution is -2.00. The van der Waals surface area contributed by atoms with Gasteiger partial charge >= 0.3 is 5.97 Å². The molecule has 19 heavy (non-hydrogen) atoms. The van der Waals surface area contributed by atoms with E-state index in [9.17, 15) is 4.79 Å². The molecule has 0 atom stereocenters. The second-order valence-corrected chi connectivity index (χ2v) is 3.85. The number of nitrogens with zero attached hydrogens (tertiary/aromatic N) is 1. The average Bonchev–Trinajstić information content (AvgIpc) is 2.88. The first kappa shape index (κ1) is 11.3. The number of fused-ring (bicyclic) bond motifs is 1. The second-order valence-electron chi connectivity index (χ2n) is 3.85. The number of hydrogen-bond donors (Lipinski definition) is 1. The summed E-state index contributed by atoms with van der Waals surface area (Å²) in [6, 6.07) is 9.85. The van der Waals surface area contributed by atoms with Crippen LogP contribution in [0.1, 0.15) is 10.4 Å². The Morgan fingerprint density at radius 2 is 2.05 bits per heavy atom. The van der Waals surface area contributed by atoms with E-state index in [1.165, 1.54) is 12.3 Å². The van der Waals surface area contributed by atoms with Gasteiger partial charge < -0.3 is 14.3 Å². The number of carboxylic acid groups (broad SMARTS) is 1. The zero-order chi connectivity index (χ0) is 13.2. The molecule has 0 aliphatic heterocycles. The highest BCUT2D eigenvalue weighted by Crippen LogP contribution is 2.30. The highest BCUT2D eigenvalue weighted by Gasteiger charge is 2.13. The fourth-order valence-electron chi connectivity index (χ4n) is 1.79. The Labute approximate surface area is 108 Å². The molecule has 5 heteroatoms. The molecule has 3 aromatic rings. The van der Waals surface area contributed by atoms with Gasteiger partial charge in [-0.3, -0.25) is 0 Å². The largest absolute Gasteiger partial charge is 0.478 e. The summed E-state index contributed by atoms with van der Waals surface area (Å²) in [6.45, 7) is 0. The Bertz CT molecular complexity index is 748. The number of carbonyl (C=O) groups is 1. The molecule has 0 bridgehead atoms. The molecule has 0 aliphatic carbocycles. The topological polar surface area (TPSA) is 72.6 Å². The first-order chi connectivity index (χ1) is 9.25. The summed E-state index contributed by atoms with van der Waals surface area (Å²) in [5.41, 5.74) is 0.725. The predicted molar refractivity (Wildman–Crippen MR) is 67.5 cm³/mol. The SMILES string of the molecule is O=C(O)c1ccccc1Oc1nccc2occc12. The standard InChI is InChI=1S/C14H9NO4/c16-14(17)10-3-1-2-4-12(10)19-13-9-6-8-18-11(9)5-7-15-13/h1-8H,(H,16,17). The van der Waals surface area contributed by atoms with E-state index in [-0.39, 0.29) is 11.3 Å². The number of hydrogen-bond acceptors (Lipinski definition) is 4. The van der Waals surface area contributed by atoms with E-state index in [0.29, 0.717) is 16.8 Å². The van der Waals surface area contributed by atoms with Crippen molar-refractivity contribution < 1.29 is 19.1 Å². The first-order valence-electron chi connectivity index (χ1n) is 5.58. The molecular formula is C14H9NO4. The van der Waals surface area contributed by atoms with Crippen LogP contribution in [0.5, 0.6) is 11.6 Å². The number of para-hydroxylation sites is 1. The maximum Gasteiger partial charge on any atom is 0.339 e. The number of furan rings is 1. The van der Waals surface area contributed by atoms with Gasteiger partial charge in [0.2, 0.25) is 5.88 Å². The highest BCUT2D eigenvalue weighted by molar-refractivity contribution is 5.91. The fraction of sp³-hybridized carbons (Fsp3) is 0. The molecule has 0 saturated carbocycles. The normalized spacial score (nSPS) is 10.5. The molecule has 94 valence electrons. The van der Waals surface area contributed by atoms with Crippen LogP contribution in [0.25, 0.3) is 11.0 Å². The molecule has 2 heterocycles. The van der Waals surface area contributed by atoms with E-state index in [0.717, 1.165) is 0 Å². The minimum absolute atomic E-state index is 0.0878. The maximum atomic E-state index is 11.1. The number of benzene rings is 1. The van der Waals surface area contributed by atoms with Crippen LogP contribution in [0.2, 0.25) is 0 Å². The molecule has 1 N–H and O–H groups in total. The van der Waals surface area contributed by atoms with Gasteiger partial charge in [-0.05, 0) is 24.3 Å². The van der Waals surface area contributed by atoms with Crippen molar-refractivity contribution in [3.8, 4) is 11.6 Å². The molecule has 0 amide bonds. The molecule has 0 aliphatic rings. The summed E-state index contributed by atoms with van der Waals surface area (Å²) < 4.78 is 10.8. The molecule has 3 rings (SSSR count). The summed E-state index contributed by atoms with van der Waals surface area (Å²) >= 11 is 0. The Morgan fingerprint density at radius 1 is 1.21 bits per heavy atom. The number of pyridine rings is 1. The average molecular weight is 255 g/mol. The van der Waals surface area contributed by atoms with Crippen molar-refractivity contribution >= 4 is 16.9 Å². The van der Waals surface area contributed by atoms with Crippen molar-refractivity contribution in [3.63, 3.8) is 0 Å². The molecule has 0 spiro atoms. The minimum Gasteiger partial charge on any atom is -0.478 e. The van der Waals surface area contributed by atoms with Crippen molar-refractivity contribution in [1.82, 2.24) is 4.98 Å². The lowest BCUT2D eigenvalue weighted by Gasteiger charge is -2.07. The van der Waals surface area contributed by atoms with Gasteiger partial charge in [-0.15, -0.1) is 0 Å². The smallest absolute Gasteiger partial charge is 0.339 e. The van der Waals surface area contributed by atoms with Crippen molar-refractivity contribution in [2.75, 3.05) is 0 Å². The third-order valence-corrected chi connectivity index (χ3v) is 2.67. The van der Waals surface area contributed by atoms with Gasteiger partial charge in [0.05, 0.1) is 11.6 Å². The minimum atomic E-state index is -1.05. The van der Waals surface area contributed by atoms with E-state index < -0.39 is 5.97 Å². The van der Waals surface area contributed by atoms with Gasteiger partial charge in [0, 0.05) is 6.20 Å². The lowest BCUT2D eigenvalue weighted by atomic mass is 10.2. The number of carboxylic acids is 1. The van der Waals surface area contributed by atoms with Gasteiger partial charge in [0.1, 0.15) is 16.9 Å².